The summed E-state index contributed by atoms with van der Waals surface area (Å²) in [6, 6.07) is 13.5. The maximum Gasteiger partial charge on any atom is 0.336 e. The third-order valence-electron chi connectivity index (χ3n) is 5.24. The van der Waals surface area contributed by atoms with Crippen LogP contribution in [0, 0.1) is 5.82 Å². The summed E-state index contributed by atoms with van der Waals surface area (Å²) in [5.74, 6) is -1.56. The van der Waals surface area contributed by atoms with Crippen LogP contribution in [0.4, 0.5) is 4.39 Å². The first-order valence-electron chi connectivity index (χ1n) is 10.7. The fraction of sp³-hybridized carbons (Fsp3) is 0.308. The molecule has 0 fully saturated rings. The van der Waals surface area contributed by atoms with E-state index in [4.69, 9.17) is 14.2 Å². The normalized spacial score (nSPS) is 13.9. The Kier molecular flexibility index (Phi) is 7.87. The first-order chi connectivity index (χ1) is 15.8. The molecule has 0 saturated heterocycles. The summed E-state index contributed by atoms with van der Waals surface area (Å²) in [7, 11) is 2.60. The van der Waals surface area contributed by atoms with E-state index in [1.165, 1.54) is 26.4 Å². The zero-order chi connectivity index (χ0) is 24.0. The van der Waals surface area contributed by atoms with E-state index >= 15 is 0 Å². The minimum Gasteiger partial charge on any atom is -0.491 e. The van der Waals surface area contributed by atoms with Crippen molar-refractivity contribution in [3.63, 3.8) is 0 Å². The molecule has 0 unspecified atom stereocenters. The summed E-state index contributed by atoms with van der Waals surface area (Å²) in [6.45, 7) is 4.27. The third kappa shape index (κ3) is 5.80. The zero-order valence-corrected chi connectivity index (χ0v) is 19.2. The molecule has 1 aliphatic heterocycles. The van der Waals surface area contributed by atoms with Crippen molar-refractivity contribution >= 4 is 11.9 Å². The highest BCUT2D eigenvalue weighted by Crippen LogP contribution is 2.41. The van der Waals surface area contributed by atoms with Gasteiger partial charge < -0.3 is 19.1 Å². The molecule has 6 nitrogen and oxygen atoms in total. The van der Waals surface area contributed by atoms with Crippen LogP contribution in [0.2, 0.25) is 0 Å². The number of rotatable bonds is 8. The van der Waals surface area contributed by atoms with Gasteiger partial charge in [-0.3, -0.25) is 0 Å². The lowest BCUT2D eigenvalue weighted by Crippen LogP contribution is -2.30. The number of carbonyl (C=O) groups is 2. The molecule has 0 aromatic heterocycles. The Morgan fingerprint density at radius 3 is 2.06 bits per heavy atom. The van der Waals surface area contributed by atoms with Gasteiger partial charge in [0.1, 0.15) is 11.6 Å². The molecule has 0 saturated carbocycles. The highest BCUT2D eigenvalue weighted by atomic mass is 19.1. The van der Waals surface area contributed by atoms with Gasteiger partial charge in [0.25, 0.3) is 0 Å². The lowest BCUT2D eigenvalue weighted by atomic mass is 9.82. The molecule has 0 N–H and O–H groups in total. The number of esters is 2. The minimum atomic E-state index is -0.720. The predicted molar refractivity (Wildman–Crippen MR) is 122 cm³/mol. The average molecular weight is 454 g/mol. The van der Waals surface area contributed by atoms with Crippen molar-refractivity contribution in [2.24, 2.45) is 0 Å². The molecular formula is C26H28FNO5. The van der Waals surface area contributed by atoms with E-state index in [9.17, 15) is 14.0 Å². The molecule has 3 rings (SSSR count). The third-order valence-corrected chi connectivity index (χ3v) is 5.24. The van der Waals surface area contributed by atoms with Crippen LogP contribution in [0.15, 0.2) is 72.1 Å². The second kappa shape index (κ2) is 10.8. The molecule has 7 heteroatoms. The number of hydrogen-bond donors (Lipinski definition) is 0. The first kappa shape index (κ1) is 24.0. The van der Waals surface area contributed by atoms with Crippen molar-refractivity contribution in [1.29, 1.82) is 0 Å². The maximum absolute atomic E-state index is 13.2. The highest BCUT2D eigenvalue weighted by molar-refractivity contribution is 5.98. The monoisotopic (exact) mass is 453 g/mol. The van der Waals surface area contributed by atoms with Crippen molar-refractivity contribution in [2.75, 3.05) is 20.8 Å². The van der Waals surface area contributed by atoms with Crippen LogP contribution < -0.4 is 4.74 Å². The maximum atomic E-state index is 13.2. The largest absolute Gasteiger partial charge is 0.491 e. The summed E-state index contributed by atoms with van der Waals surface area (Å²) in [5.41, 5.74) is 2.17. The van der Waals surface area contributed by atoms with Crippen molar-refractivity contribution in [2.45, 2.75) is 32.3 Å². The van der Waals surface area contributed by atoms with Crippen LogP contribution in [-0.4, -0.2) is 43.7 Å². The Morgan fingerprint density at radius 1 is 0.939 bits per heavy atom. The lowest BCUT2D eigenvalue weighted by molar-refractivity contribution is -0.137. The number of ether oxygens (including phenoxy) is 3. The van der Waals surface area contributed by atoms with E-state index in [1.807, 2.05) is 32.0 Å². The average Bonchev–Trinajstić information content (AvgIpc) is 2.82. The van der Waals surface area contributed by atoms with Crippen molar-refractivity contribution < 1.29 is 28.2 Å². The summed E-state index contributed by atoms with van der Waals surface area (Å²) in [4.78, 5) is 27.4. The number of carbonyl (C=O) groups excluding carboxylic acids is 2. The van der Waals surface area contributed by atoms with Gasteiger partial charge in [-0.1, -0.05) is 30.3 Å². The van der Waals surface area contributed by atoms with Gasteiger partial charge in [-0.2, -0.15) is 0 Å². The van der Waals surface area contributed by atoms with E-state index in [1.54, 1.807) is 35.5 Å². The Balaban J connectivity index is 2.02. The fourth-order valence-electron chi connectivity index (χ4n) is 3.74. The molecule has 174 valence electrons. The second-order valence-corrected chi connectivity index (χ2v) is 7.90. The molecule has 2 aromatic rings. The Morgan fingerprint density at radius 2 is 1.52 bits per heavy atom. The van der Waals surface area contributed by atoms with Gasteiger partial charge in [-0.25, -0.2) is 14.0 Å². The predicted octanol–water partition coefficient (Wildman–Crippen LogP) is 4.37. The Bertz CT molecular complexity index is 1020. The van der Waals surface area contributed by atoms with Crippen molar-refractivity contribution in [3.05, 3.63) is 89.0 Å². The number of methoxy groups -OCH3 is 2. The summed E-state index contributed by atoms with van der Waals surface area (Å²) < 4.78 is 29.3. The van der Waals surface area contributed by atoms with Gasteiger partial charge in [-0.05, 0) is 44.0 Å². The number of halogens is 1. The molecular weight excluding hydrogens is 425 g/mol. The van der Waals surface area contributed by atoms with Crippen LogP contribution in [0.1, 0.15) is 30.9 Å². The van der Waals surface area contributed by atoms with Gasteiger partial charge in [0.15, 0.2) is 0 Å². The lowest BCUT2D eigenvalue weighted by Gasteiger charge is -2.31. The van der Waals surface area contributed by atoms with Gasteiger partial charge >= 0.3 is 11.9 Å². The quantitative estimate of drug-likeness (QED) is 0.553. The van der Waals surface area contributed by atoms with E-state index in [0.29, 0.717) is 35.4 Å². The van der Waals surface area contributed by atoms with Crippen molar-refractivity contribution in [1.82, 2.24) is 4.90 Å². The van der Waals surface area contributed by atoms with Crippen LogP contribution >= 0.6 is 0 Å². The van der Waals surface area contributed by atoms with E-state index in [0.717, 1.165) is 5.56 Å². The fourth-order valence-corrected chi connectivity index (χ4v) is 3.74. The Hall–Kier alpha value is -3.61. The van der Waals surface area contributed by atoms with Crippen LogP contribution in [-0.2, 0) is 25.5 Å². The molecule has 0 aliphatic carbocycles. The number of hydrogen-bond acceptors (Lipinski definition) is 6. The van der Waals surface area contributed by atoms with E-state index < -0.39 is 17.9 Å². The van der Waals surface area contributed by atoms with Gasteiger partial charge in [0.05, 0.1) is 37.4 Å². The molecule has 0 radical (unpaired) electrons. The molecule has 0 amide bonds. The molecule has 0 spiro atoms. The molecule has 1 heterocycles. The highest BCUT2D eigenvalue weighted by Gasteiger charge is 2.36. The van der Waals surface area contributed by atoms with Gasteiger partial charge in [0.2, 0.25) is 0 Å². The first-order valence-corrected chi connectivity index (χ1v) is 10.7. The summed E-state index contributed by atoms with van der Waals surface area (Å²) in [5, 5.41) is 0. The molecule has 2 aromatic carbocycles. The zero-order valence-electron chi connectivity index (χ0n) is 19.2. The van der Waals surface area contributed by atoms with Crippen molar-refractivity contribution in [3.8, 4) is 5.75 Å². The van der Waals surface area contributed by atoms with E-state index in [2.05, 4.69) is 0 Å². The smallest absolute Gasteiger partial charge is 0.336 e. The standard InChI is InChI=1S/C26H28FNO5/c1-17(2)33-23-8-6-5-7-20(23)24-21(25(29)31-3)15-28(16-22(24)26(30)32-4)14-13-18-9-11-19(27)12-10-18/h5-12,15-17,24H,13-14H2,1-4H3. The SMILES string of the molecule is COC(=O)C1=CN(CCc2ccc(F)cc2)C=C(C(=O)OC)C1c1ccccc1OC(C)C. The van der Waals surface area contributed by atoms with Crippen LogP contribution in [0.25, 0.3) is 0 Å². The molecule has 0 bridgehead atoms. The number of para-hydroxylation sites is 1. The Labute approximate surface area is 193 Å². The molecule has 33 heavy (non-hydrogen) atoms. The molecule has 1 aliphatic rings. The summed E-state index contributed by atoms with van der Waals surface area (Å²) >= 11 is 0. The van der Waals surface area contributed by atoms with E-state index in [-0.39, 0.29) is 11.9 Å². The topological polar surface area (TPSA) is 65.1 Å². The minimum absolute atomic E-state index is 0.0990. The number of nitrogens with zero attached hydrogens (tertiary/aromatic N) is 1. The summed E-state index contributed by atoms with van der Waals surface area (Å²) in [6.07, 6.45) is 3.84. The van der Waals surface area contributed by atoms with Gasteiger partial charge in [0, 0.05) is 24.5 Å². The second-order valence-electron chi connectivity index (χ2n) is 7.90. The van der Waals surface area contributed by atoms with Crippen LogP contribution in [0.3, 0.4) is 0 Å². The molecule has 0 atom stereocenters. The van der Waals surface area contributed by atoms with Gasteiger partial charge in [-0.15, -0.1) is 0 Å². The van der Waals surface area contributed by atoms with Crippen LogP contribution in [0.5, 0.6) is 5.75 Å². The number of benzene rings is 2.